The number of carbonyl (C=O) groups is 1. The van der Waals surface area contributed by atoms with Crippen molar-refractivity contribution in [3.05, 3.63) is 59.4 Å². The maximum Gasteiger partial charge on any atom is 0.254 e. The van der Waals surface area contributed by atoms with Crippen LogP contribution in [0, 0.1) is 5.82 Å². The number of carbonyl (C=O) groups excluding carboxylic acids is 1. The first-order valence-corrected chi connectivity index (χ1v) is 11.8. The minimum absolute atomic E-state index is 0.0169. The van der Waals surface area contributed by atoms with Crippen LogP contribution in [-0.2, 0) is 21.3 Å². The molecule has 0 unspecified atom stereocenters. The zero-order valence-electron chi connectivity index (χ0n) is 17.9. The van der Waals surface area contributed by atoms with Crippen LogP contribution in [-0.4, -0.2) is 75.3 Å². The topological polar surface area (TPSA) is 85.4 Å². The highest BCUT2D eigenvalue weighted by atomic mass is 32.2. The first-order valence-electron chi connectivity index (χ1n) is 10.2. The van der Waals surface area contributed by atoms with Crippen molar-refractivity contribution in [3.8, 4) is 11.5 Å². The Morgan fingerprint density at radius 3 is 2.62 bits per heavy atom. The SMILES string of the molecule is COc1ccc(C(=O)N2C[C@@H]3OCCS(=O)(=O)N(Cc4cccc(F)c4)[C@@H]3C2)cc1OC. The molecular formula is C22H25FN2O6S. The molecule has 2 aliphatic heterocycles. The Morgan fingerprint density at radius 1 is 1.12 bits per heavy atom. The Morgan fingerprint density at radius 2 is 1.91 bits per heavy atom. The molecule has 4 rings (SSSR count). The lowest BCUT2D eigenvalue weighted by atomic mass is 10.1. The zero-order valence-corrected chi connectivity index (χ0v) is 18.7. The van der Waals surface area contributed by atoms with Crippen molar-refractivity contribution in [3.63, 3.8) is 0 Å². The van der Waals surface area contributed by atoms with E-state index in [9.17, 15) is 17.6 Å². The molecule has 2 atom stereocenters. The van der Waals surface area contributed by atoms with Crippen LogP contribution in [0.5, 0.6) is 11.5 Å². The van der Waals surface area contributed by atoms with E-state index in [0.29, 0.717) is 22.6 Å². The molecule has 0 spiro atoms. The molecule has 10 heteroatoms. The van der Waals surface area contributed by atoms with Crippen LogP contribution in [0.1, 0.15) is 15.9 Å². The molecule has 8 nitrogen and oxygen atoms in total. The van der Waals surface area contributed by atoms with Crippen LogP contribution in [0.25, 0.3) is 0 Å². The summed E-state index contributed by atoms with van der Waals surface area (Å²) in [4.78, 5) is 14.8. The predicted molar refractivity (Wildman–Crippen MR) is 115 cm³/mol. The van der Waals surface area contributed by atoms with Gasteiger partial charge in [-0.15, -0.1) is 0 Å². The number of likely N-dealkylation sites (tertiary alicyclic amines) is 1. The molecule has 172 valence electrons. The van der Waals surface area contributed by atoms with Gasteiger partial charge in [-0.3, -0.25) is 4.79 Å². The van der Waals surface area contributed by atoms with Crippen molar-refractivity contribution in [1.29, 1.82) is 0 Å². The zero-order chi connectivity index (χ0) is 22.9. The van der Waals surface area contributed by atoms with Crippen molar-refractivity contribution in [2.45, 2.75) is 18.7 Å². The third kappa shape index (κ3) is 4.43. The van der Waals surface area contributed by atoms with Gasteiger partial charge in [-0.25, -0.2) is 12.8 Å². The van der Waals surface area contributed by atoms with Crippen molar-refractivity contribution in [1.82, 2.24) is 9.21 Å². The van der Waals surface area contributed by atoms with Gasteiger partial charge in [-0.05, 0) is 35.9 Å². The fourth-order valence-corrected chi connectivity index (χ4v) is 5.68. The molecule has 0 N–H and O–H groups in total. The summed E-state index contributed by atoms with van der Waals surface area (Å²) < 4.78 is 57.2. The first-order chi connectivity index (χ1) is 15.3. The highest BCUT2D eigenvalue weighted by Crippen LogP contribution is 2.31. The quantitative estimate of drug-likeness (QED) is 0.672. The molecule has 2 aromatic carbocycles. The van der Waals surface area contributed by atoms with Gasteiger partial charge in [-0.1, -0.05) is 12.1 Å². The van der Waals surface area contributed by atoms with Gasteiger partial charge in [0, 0.05) is 25.2 Å². The number of benzene rings is 2. The third-order valence-corrected chi connectivity index (χ3v) is 7.58. The third-order valence-electron chi connectivity index (χ3n) is 5.78. The van der Waals surface area contributed by atoms with E-state index in [4.69, 9.17) is 14.2 Å². The van der Waals surface area contributed by atoms with E-state index in [1.807, 2.05) is 0 Å². The monoisotopic (exact) mass is 464 g/mol. The van der Waals surface area contributed by atoms with Gasteiger partial charge in [0.05, 0.1) is 38.7 Å². The summed E-state index contributed by atoms with van der Waals surface area (Å²) in [5.74, 6) is 0.0911. The molecule has 0 bridgehead atoms. The summed E-state index contributed by atoms with van der Waals surface area (Å²) in [6, 6.07) is 10.2. The number of hydrogen-bond acceptors (Lipinski definition) is 6. The van der Waals surface area contributed by atoms with Gasteiger partial charge in [0.25, 0.3) is 5.91 Å². The lowest BCUT2D eigenvalue weighted by Gasteiger charge is -2.28. The van der Waals surface area contributed by atoms with Crippen LogP contribution < -0.4 is 9.47 Å². The molecule has 0 aliphatic carbocycles. The van der Waals surface area contributed by atoms with E-state index < -0.39 is 28.0 Å². The van der Waals surface area contributed by atoms with Crippen molar-refractivity contribution in [2.24, 2.45) is 0 Å². The van der Waals surface area contributed by atoms with Crippen LogP contribution >= 0.6 is 0 Å². The second kappa shape index (κ2) is 9.05. The second-order valence-corrected chi connectivity index (χ2v) is 9.79. The van der Waals surface area contributed by atoms with E-state index in [0.717, 1.165) is 0 Å². The van der Waals surface area contributed by atoms with Gasteiger partial charge >= 0.3 is 0 Å². The number of halogens is 1. The molecular weight excluding hydrogens is 439 g/mol. The maximum absolute atomic E-state index is 13.7. The largest absolute Gasteiger partial charge is 0.493 e. The Balaban J connectivity index is 1.59. The van der Waals surface area contributed by atoms with Crippen LogP contribution in [0.2, 0.25) is 0 Å². The fraction of sp³-hybridized carbons (Fsp3) is 0.409. The maximum atomic E-state index is 13.7. The lowest BCUT2D eigenvalue weighted by molar-refractivity contribution is 0.0445. The normalized spacial score (nSPS) is 22.8. The van der Waals surface area contributed by atoms with E-state index >= 15 is 0 Å². The molecule has 32 heavy (non-hydrogen) atoms. The minimum atomic E-state index is -3.65. The standard InChI is InChI=1S/C22H25FN2O6S/c1-29-19-7-6-16(11-20(19)30-2)22(26)24-13-18-21(14-24)31-8-9-32(27,28)25(18)12-15-4-3-5-17(23)10-15/h3-7,10-11,18,21H,8-9,12-14H2,1-2H3/t18-,21+/m1/s1. The summed E-state index contributed by atoms with van der Waals surface area (Å²) in [7, 11) is -0.646. The highest BCUT2D eigenvalue weighted by Gasteiger charge is 2.45. The van der Waals surface area contributed by atoms with Crippen molar-refractivity contribution >= 4 is 15.9 Å². The summed E-state index contributed by atoms with van der Waals surface area (Å²) in [6.07, 6.45) is -0.468. The molecule has 2 aliphatic rings. The number of sulfonamides is 1. The molecule has 2 heterocycles. The van der Waals surface area contributed by atoms with E-state index in [1.54, 1.807) is 35.2 Å². The second-order valence-electron chi connectivity index (χ2n) is 7.75. The summed E-state index contributed by atoms with van der Waals surface area (Å²) >= 11 is 0. The number of ether oxygens (including phenoxy) is 3. The predicted octanol–water partition coefficient (Wildman–Crippen LogP) is 1.90. The van der Waals surface area contributed by atoms with Crippen LogP contribution in [0.15, 0.2) is 42.5 Å². The summed E-state index contributed by atoms with van der Waals surface area (Å²) in [6.45, 7) is 0.490. The fourth-order valence-electron chi connectivity index (χ4n) is 4.17. The Hall–Kier alpha value is -2.69. The summed E-state index contributed by atoms with van der Waals surface area (Å²) in [5.41, 5.74) is 0.942. The average molecular weight is 465 g/mol. The Labute approximate surface area is 186 Å². The minimum Gasteiger partial charge on any atom is -0.493 e. The van der Waals surface area contributed by atoms with Crippen molar-refractivity contribution in [2.75, 3.05) is 39.7 Å². The molecule has 0 aromatic heterocycles. The molecule has 2 aromatic rings. The average Bonchev–Trinajstić information content (AvgIpc) is 3.15. The Bertz CT molecular complexity index is 1110. The van der Waals surface area contributed by atoms with Gasteiger partial charge in [0.2, 0.25) is 10.0 Å². The molecule has 1 amide bonds. The molecule has 2 fully saturated rings. The van der Waals surface area contributed by atoms with Gasteiger partial charge in [0.1, 0.15) is 5.82 Å². The molecule has 2 saturated heterocycles. The number of nitrogens with zero attached hydrogens (tertiary/aromatic N) is 2. The Kier molecular flexibility index (Phi) is 6.36. The van der Waals surface area contributed by atoms with E-state index in [-0.39, 0.29) is 37.9 Å². The summed E-state index contributed by atoms with van der Waals surface area (Å²) in [5, 5.41) is 0. The van der Waals surface area contributed by atoms with Crippen molar-refractivity contribution < 1.29 is 31.8 Å². The molecule has 0 saturated carbocycles. The van der Waals surface area contributed by atoms with Gasteiger partial charge in [-0.2, -0.15) is 4.31 Å². The number of fused-ring (bicyclic) bond motifs is 1. The van der Waals surface area contributed by atoms with E-state index in [2.05, 4.69) is 0 Å². The van der Waals surface area contributed by atoms with Gasteiger partial charge < -0.3 is 19.1 Å². The van der Waals surface area contributed by atoms with E-state index in [1.165, 1.54) is 30.7 Å². The number of methoxy groups -OCH3 is 2. The number of hydrogen-bond donors (Lipinski definition) is 0. The number of amides is 1. The first kappa shape index (κ1) is 22.5. The smallest absolute Gasteiger partial charge is 0.254 e. The number of rotatable bonds is 5. The lowest BCUT2D eigenvalue weighted by Crippen LogP contribution is -2.45. The molecule has 0 radical (unpaired) electrons. The highest BCUT2D eigenvalue weighted by molar-refractivity contribution is 7.89. The van der Waals surface area contributed by atoms with Gasteiger partial charge in [0.15, 0.2) is 11.5 Å². The van der Waals surface area contributed by atoms with Crippen LogP contribution in [0.4, 0.5) is 4.39 Å². The van der Waals surface area contributed by atoms with Crippen LogP contribution in [0.3, 0.4) is 0 Å².